The Kier molecular flexibility index (Phi) is 5.11. The molecule has 0 amide bonds. The van der Waals surface area contributed by atoms with E-state index in [1.807, 2.05) is 0 Å². The fourth-order valence-electron chi connectivity index (χ4n) is 3.41. The van der Waals surface area contributed by atoms with Crippen LogP contribution in [-0.4, -0.2) is 38.1 Å². The van der Waals surface area contributed by atoms with Gasteiger partial charge in [-0.3, -0.25) is 0 Å². The van der Waals surface area contributed by atoms with Crippen LogP contribution in [0.4, 0.5) is 0 Å². The molecule has 0 radical (unpaired) electrons. The van der Waals surface area contributed by atoms with Crippen LogP contribution in [0, 0.1) is 11.8 Å². The summed E-state index contributed by atoms with van der Waals surface area (Å²) in [5, 5.41) is 3.52. The van der Waals surface area contributed by atoms with Crippen molar-refractivity contribution < 1.29 is 0 Å². The molecular weight excluding hydrogens is 196 g/mol. The first kappa shape index (κ1) is 12.4. The Morgan fingerprint density at radius 1 is 0.938 bits per heavy atom. The predicted molar refractivity (Wildman–Crippen MR) is 69.7 cm³/mol. The van der Waals surface area contributed by atoms with Gasteiger partial charge in [0.1, 0.15) is 0 Å². The van der Waals surface area contributed by atoms with Gasteiger partial charge in [0.05, 0.1) is 0 Å². The van der Waals surface area contributed by atoms with Crippen molar-refractivity contribution >= 4 is 0 Å². The van der Waals surface area contributed by atoms with Crippen LogP contribution in [-0.2, 0) is 0 Å². The summed E-state index contributed by atoms with van der Waals surface area (Å²) >= 11 is 0. The third-order valence-corrected chi connectivity index (χ3v) is 4.26. The largest absolute Gasteiger partial charge is 0.316 e. The van der Waals surface area contributed by atoms with Crippen LogP contribution in [0.25, 0.3) is 0 Å². The maximum atomic E-state index is 3.52. The zero-order valence-electron chi connectivity index (χ0n) is 10.9. The summed E-state index contributed by atoms with van der Waals surface area (Å²) < 4.78 is 0. The molecule has 94 valence electrons. The summed E-state index contributed by atoms with van der Waals surface area (Å²) in [5.74, 6) is 1.90. The molecule has 1 saturated carbocycles. The molecule has 1 aliphatic carbocycles. The van der Waals surface area contributed by atoms with Gasteiger partial charge in [-0.1, -0.05) is 19.3 Å². The van der Waals surface area contributed by atoms with E-state index < -0.39 is 0 Å². The Bertz CT molecular complexity index is 161. The number of nitrogens with zero attached hydrogens (tertiary/aromatic N) is 1. The van der Waals surface area contributed by atoms with E-state index in [2.05, 4.69) is 17.3 Å². The molecule has 2 heteroatoms. The van der Waals surface area contributed by atoms with Gasteiger partial charge in [0.25, 0.3) is 0 Å². The average Bonchev–Trinajstić information content (AvgIpc) is 2.31. The molecule has 1 aliphatic heterocycles. The molecule has 1 saturated heterocycles. The van der Waals surface area contributed by atoms with Crippen molar-refractivity contribution in [1.29, 1.82) is 0 Å². The van der Waals surface area contributed by atoms with Gasteiger partial charge in [-0.05, 0) is 57.7 Å². The minimum absolute atomic E-state index is 0.905. The van der Waals surface area contributed by atoms with E-state index in [-0.39, 0.29) is 0 Å². The maximum Gasteiger partial charge on any atom is 0.00189 e. The highest BCUT2D eigenvalue weighted by Gasteiger charge is 2.18. The second-order valence-corrected chi connectivity index (χ2v) is 5.94. The third kappa shape index (κ3) is 4.06. The second-order valence-electron chi connectivity index (χ2n) is 5.94. The van der Waals surface area contributed by atoms with Crippen LogP contribution in [0.1, 0.15) is 44.9 Å². The zero-order chi connectivity index (χ0) is 11.2. The van der Waals surface area contributed by atoms with Crippen molar-refractivity contribution in [2.75, 3.05) is 33.2 Å². The first-order chi connectivity index (χ1) is 7.84. The SMILES string of the molecule is CN(CC1CCCCC1)CC1CCCNC1. The highest BCUT2D eigenvalue weighted by molar-refractivity contribution is 4.74. The quantitative estimate of drug-likeness (QED) is 0.789. The van der Waals surface area contributed by atoms with E-state index in [9.17, 15) is 0 Å². The topological polar surface area (TPSA) is 15.3 Å². The fourth-order valence-corrected chi connectivity index (χ4v) is 3.41. The highest BCUT2D eigenvalue weighted by Crippen LogP contribution is 2.24. The minimum Gasteiger partial charge on any atom is -0.316 e. The average molecular weight is 224 g/mol. The number of rotatable bonds is 4. The van der Waals surface area contributed by atoms with Crippen molar-refractivity contribution in [2.45, 2.75) is 44.9 Å². The van der Waals surface area contributed by atoms with E-state index in [1.54, 1.807) is 0 Å². The summed E-state index contributed by atoms with van der Waals surface area (Å²) in [6.45, 7) is 5.14. The van der Waals surface area contributed by atoms with Gasteiger partial charge in [-0.25, -0.2) is 0 Å². The maximum absolute atomic E-state index is 3.52. The summed E-state index contributed by atoms with van der Waals surface area (Å²) in [4.78, 5) is 2.59. The lowest BCUT2D eigenvalue weighted by Crippen LogP contribution is -2.38. The van der Waals surface area contributed by atoms with E-state index in [0.29, 0.717) is 0 Å². The normalized spacial score (nSPS) is 28.5. The van der Waals surface area contributed by atoms with Crippen molar-refractivity contribution in [1.82, 2.24) is 10.2 Å². The zero-order valence-corrected chi connectivity index (χ0v) is 10.9. The molecular formula is C14H28N2. The monoisotopic (exact) mass is 224 g/mol. The molecule has 0 aromatic rings. The molecule has 16 heavy (non-hydrogen) atoms. The first-order valence-corrected chi connectivity index (χ1v) is 7.24. The van der Waals surface area contributed by atoms with Crippen LogP contribution in [0.15, 0.2) is 0 Å². The van der Waals surface area contributed by atoms with E-state index in [0.717, 1.165) is 11.8 Å². The number of hydrogen-bond acceptors (Lipinski definition) is 2. The Morgan fingerprint density at radius 2 is 1.62 bits per heavy atom. The van der Waals surface area contributed by atoms with Crippen LogP contribution < -0.4 is 5.32 Å². The van der Waals surface area contributed by atoms with Crippen molar-refractivity contribution in [3.05, 3.63) is 0 Å². The highest BCUT2D eigenvalue weighted by atomic mass is 15.1. The summed E-state index contributed by atoms with van der Waals surface area (Å²) in [6, 6.07) is 0. The summed E-state index contributed by atoms with van der Waals surface area (Å²) in [6.07, 6.45) is 10.2. The van der Waals surface area contributed by atoms with Gasteiger partial charge >= 0.3 is 0 Å². The van der Waals surface area contributed by atoms with Gasteiger partial charge in [0, 0.05) is 13.1 Å². The first-order valence-electron chi connectivity index (χ1n) is 7.24. The lowest BCUT2D eigenvalue weighted by atomic mass is 9.88. The smallest absolute Gasteiger partial charge is 0.00189 e. The molecule has 0 aromatic carbocycles. The lowest BCUT2D eigenvalue weighted by molar-refractivity contribution is 0.193. The van der Waals surface area contributed by atoms with Gasteiger partial charge in [0.15, 0.2) is 0 Å². The van der Waals surface area contributed by atoms with Crippen LogP contribution >= 0.6 is 0 Å². The van der Waals surface area contributed by atoms with Gasteiger partial charge in [0.2, 0.25) is 0 Å². The summed E-state index contributed by atoms with van der Waals surface area (Å²) in [7, 11) is 2.32. The van der Waals surface area contributed by atoms with E-state index in [1.165, 1.54) is 71.1 Å². The third-order valence-electron chi connectivity index (χ3n) is 4.26. The molecule has 2 nitrogen and oxygen atoms in total. The Morgan fingerprint density at radius 3 is 2.31 bits per heavy atom. The van der Waals surface area contributed by atoms with Crippen molar-refractivity contribution in [3.63, 3.8) is 0 Å². The molecule has 2 rings (SSSR count). The van der Waals surface area contributed by atoms with Gasteiger partial charge < -0.3 is 10.2 Å². The van der Waals surface area contributed by atoms with Gasteiger partial charge in [-0.15, -0.1) is 0 Å². The molecule has 0 spiro atoms. The Hall–Kier alpha value is -0.0800. The predicted octanol–water partition coefficient (Wildman–Crippen LogP) is 2.50. The van der Waals surface area contributed by atoms with E-state index in [4.69, 9.17) is 0 Å². The number of hydrogen-bond donors (Lipinski definition) is 1. The van der Waals surface area contributed by atoms with E-state index >= 15 is 0 Å². The lowest BCUT2D eigenvalue weighted by Gasteiger charge is -2.31. The molecule has 1 N–H and O–H groups in total. The molecule has 1 atom stereocenters. The van der Waals surface area contributed by atoms with Crippen molar-refractivity contribution in [2.24, 2.45) is 11.8 Å². The Labute approximate surface area is 101 Å². The van der Waals surface area contributed by atoms with Crippen LogP contribution in [0.2, 0.25) is 0 Å². The fraction of sp³-hybridized carbons (Fsp3) is 1.00. The molecule has 2 fully saturated rings. The molecule has 1 heterocycles. The molecule has 0 bridgehead atoms. The van der Waals surface area contributed by atoms with Crippen LogP contribution in [0.3, 0.4) is 0 Å². The minimum atomic E-state index is 0.905. The standard InChI is InChI=1S/C14H28N2/c1-16(11-13-6-3-2-4-7-13)12-14-8-5-9-15-10-14/h13-15H,2-12H2,1H3. The molecule has 1 unspecified atom stereocenters. The van der Waals surface area contributed by atoms with Gasteiger partial charge in [-0.2, -0.15) is 0 Å². The Balaban J connectivity index is 1.64. The van der Waals surface area contributed by atoms with Crippen molar-refractivity contribution in [3.8, 4) is 0 Å². The number of piperidine rings is 1. The molecule has 2 aliphatic rings. The second kappa shape index (κ2) is 6.61. The number of nitrogens with one attached hydrogen (secondary N) is 1. The molecule has 0 aromatic heterocycles. The summed E-state index contributed by atoms with van der Waals surface area (Å²) in [5.41, 5.74) is 0. The van der Waals surface area contributed by atoms with Crippen LogP contribution in [0.5, 0.6) is 0 Å².